The van der Waals surface area contributed by atoms with Gasteiger partial charge in [-0.3, -0.25) is 0 Å². The minimum absolute atomic E-state index is 0.0653. The Kier molecular flexibility index (Phi) is 8.40. The molecule has 45 heavy (non-hydrogen) atoms. The van der Waals surface area contributed by atoms with E-state index in [1.807, 2.05) is 38.3 Å². The first-order valence-electron chi connectivity index (χ1n) is 16.0. The van der Waals surface area contributed by atoms with E-state index in [1.165, 1.54) is 18.2 Å². The summed E-state index contributed by atoms with van der Waals surface area (Å²) >= 11 is 0. The number of rotatable bonds is 3. The largest absolute Gasteiger partial charge is 0.467 e. The maximum Gasteiger partial charge on any atom is 0.339 e. The molecule has 1 atom stereocenters. The summed E-state index contributed by atoms with van der Waals surface area (Å²) in [5.74, 6) is 0.394. The molecular weight excluding hydrogens is 560 g/mol. The van der Waals surface area contributed by atoms with Crippen LogP contribution in [0, 0.1) is 12.3 Å². The number of fused-ring (bicyclic) bond motifs is 5. The van der Waals surface area contributed by atoms with Crippen LogP contribution in [0.2, 0.25) is 0 Å². The standard InChI is InChI=1S/C38H44N4O3/c1-26-33(34(36(43)44-6)45-37(2,3)4)35-41-22-20-38(5,21-23-41)19-12-8-7-9-14-27-15-10-11-18-30(27)28-16-13-17-29(24-28)31-25-32(39-26)42(35)40-31/h7-8,10-13,15-19,24-25,34H,9,14,20-23H2,1-6H3/t34-/m0/s1. The van der Waals surface area contributed by atoms with Crippen LogP contribution < -0.4 is 4.90 Å². The van der Waals surface area contributed by atoms with Crippen LogP contribution in [0.4, 0.5) is 5.82 Å². The van der Waals surface area contributed by atoms with Crippen LogP contribution in [0.25, 0.3) is 28.0 Å². The Hall–Kier alpha value is -4.23. The van der Waals surface area contributed by atoms with Gasteiger partial charge in [-0.1, -0.05) is 73.7 Å². The number of nitrogens with zero attached hydrogens (tertiary/aromatic N) is 4. The van der Waals surface area contributed by atoms with Gasteiger partial charge in [0.15, 0.2) is 11.8 Å². The molecule has 4 aromatic rings. The van der Waals surface area contributed by atoms with Crippen molar-refractivity contribution in [3.8, 4) is 22.4 Å². The van der Waals surface area contributed by atoms with Gasteiger partial charge in [0.2, 0.25) is 0 Å². The van der Waals surface area contributed by atoms with Crippen molar-refractivity contribution in [2.24, 2.45) is 5.41 Å². The van der Waals surface area contributed by atoms with Crippen LogP contribution in [-0.2, 0) is 20.7 Å². The van der Waals surface area contributed by atoms with E-state index >= 15 is 0 Å². The van der Waals surface area contributed by atoms with Gasteiger partial charge >= 0.3 is 5.97 Å². The average Bonchev–Trinajstić information content (AvgIpc) is 3.44. The Morgan fingerprint density at radius 1 is 1.00 bits per heavy atom. The summed E-state index contributed by atoms with van der Waals surface area (Å²) in [6, 6.07) is 19.3. The van der Waals surface area contributed by atoms with Gasteiger partial charge in [-0.2, -0.15) is 9.61 Å². The Balaban J connectivity index is 1.57. The second kappa shape index (κ2) is 12.3. The van der Waals surface area contributed by atoms with E-state index in [9.17, 15) is 4.79 Å². The van der Waals surface area contributed by atoms with Crippen LogP contribution in [0.5, 0.6) is 0 Å². The van der Waals surface area contributed by atoms with Crippen LogP contribution >= 0.6 is 0 Å². The van der Waals surface area contributed by atoms with Crippen molar-refractivity contribution < 1.29 is 14.3 Å². The van der Waals surface area contributed by atoms with Gasteiger partial charge in [-0.05, 0) is 81.5 Å². The smallest absolute Gasteiger partial charge is 0.339 e. The molecule has 2 aromatic heterocycles. The normalized spacial score (nSPS) is 17.1. The lowest BCUT2D eigenvalue weighted by atomic mass is 9.80. The number of piperidine rings is 1. The van der Waals surface area contributed by atoms with E-state index < -0.39 is 17.7 Å². The summed E-state index contributed by atoms with van der Waals surface area (Å²) in [6.07, 6.45) is 12.0. The van der Waals surface area contributed by atoms with E-state index in [2.05, 4.69) is 84.7 Å². The van der Waals surface area contributed by atoms with Gasteiger partial charge in [-0.25, -0.2) is 9.78 Å². The molecule has 0 radical (unpaired) electrons. The summed E-state index contributed by atoms with van der Waals surface area (Å²) in [5.41, 5.74) is 7.21. The number of aryl methyl sites for hydroxylation is 2. The summed E-state index contributed by atoms with van der Waals surface area (Å²) in [6.45, 7) is 11.7. The average molecular weight is 605 g/mol. The summed E-state index contributed by atoms with van der Waals surface area (Å²) in [5, 5.41) is 5.18. The number of anilines is 1. The highest BCUT2D eigenvalue weighted by Gasteiger charge is 2.37. The van der Waals surface area contributed by atoms with Crippen LogP contribution in [0.1, 0.15) is 69.9 Å². The highest BCUT2D eigenvalue weighted by Crippen LogP contribution is 2.40. The van der Waals surface area contributed by atoms with Gasteiger partial charge < -0.3 is 14.4 Å². The van der Waals surface area contributed by atoms with E-state index in [0.717, 1.165) is 72.8 Å². The number of methoxy groups -OCH3 is 1. The molecule has 7 rings (SSSR count). The fraction of sp³-hybridized carbons (Fsp3) is 0.395. The summed E-state index contributed by atoms with van der Waals surface area (Å²) < 4.78 is 13.6. The molecule has 0 saturated carbocycles. The topological polar surface area (TPSA) is 69.0 Å². The lowest BCUT2D eigenvalue weighted by Gasteiger charge is -2.40. The highest BCUT2D eigenvalue weighted by atomic mass is 16.6. The Morgan fingerprint density at radius 3 is 2.51 bits per heavy atom. The zero-order valence-electron chi connectivity index (χ0n) is 27.3. The summed E-state index contributed by atoms with van der Waals surface area (Å²) in [4.78, 5) is 20.7. The Bertz CT molecular complexity index is 1770. The second-order valence-corrected chi connectivity index (χ2v) is 13.6. The molecule has 6 bridgehead atoms. The lowest BCUT2D eigenvalue weighted by molar-refractivity contribution is -0.164. The monoisotopic (exact) mass is 604 g/mol. The zero-order chi connectivity index (χ0) is 31.8. The van der Waals surface area contributed by atoms with Crippen molar-refractivity contribution in [1.29, 1.82) is 0 Å². The van der Waals surface area contributed by atoms with Gasteiger partial charge in [0.25, 0.3) is 0 Å². The molecule has 5 heterocycles. The molecule has 1 fully saturated rings. The van der Waals surface area contributed by atoms with Crippen LogP contribution in [0.3, 0.4) is 0 Å². The van der Waals surface area contributed by atoms with Gasteiger partial charge in [0.1, 0.15) is 5.82 Å². The van der Waals surface area contributed by atoms with Gasteiger partial charge in [-0.15, -0.1) is 0 Å². The zero-order valence-corrected chi connectivity index (χ0v) is 27.3. The number of carbonyl (C=O) groups excluding carboxylic acids is 1. The van der Waals surface area contributed by atoms with Crippen LogP contribution in [0.15, 0.2) is 78.9 Å². The van der Waals surface area contributed by atoms with E-state index in [1.54, 1.807) is 0 Å². The molecule has 2 aromatic carbocycles. The third kappa shape index (κ3) is 6.45. The molecule has 7 nitrogen and oxygen atoms in total. The molecule has 234 valence electrons. The number of hydrogen-bond acceptors (Lipinski definition) is 6. The molecular formula is C38H44N4O3. The molecule has 1 saturated heterocycles. The lowest BCUT2D eigenvalue weighted by Crippen LogP contribution is -2.40. The Labute approximate surface area is 266 Å². The molecule has 0 N–H and O–H groups in total. The van der Waals surface area contributed by atoms with E-state index in [0.29, 0.717) is 5.56 Å². The highest BCUT2D eigenvalue weighted by molar-refractivity contribution is 5.81. The maximum absolute atomic E-state index is 13.4. The molecule has 7 heteroatoms. The number of aromatic nitrogens is 3. The quantitative estimate of drug-likeness (QED) is 0.220. The maximum atomic E-state index is 13.4. The van der Waals surface area contributed by atoms with Crippen molar-refractivity contribution in [2.45, 2.75) is 72.0 Å². The minimum Gasteiger partial charge on any atom is -0.467 e. The molecule has 3 aliphatic rings. The van der Waals surface area contributed by atoms with Crippen molar-refractivity contribution in [1.82, 2.24) is 14.6 Å². The predicted octanol–water partition coefficient (Wildman–Crippen LogP) is 8.07. The van der Waals surface area contributed by atoms with Crippen molar-refractivity contribution >= 4 is 17.4 Å². The molecule has 0 spiro atoms. The first kappa shape index (κ1) is 30.8. The van der Waals surface area contributed by atoms with Crippen molar-refractivity contribution in [2.75, 3.05) is 25.1 Å². The number of allylic oxidation sites excluding steroid dienone is 4. The number of carbonyl (C=O) groups is 1. The van der Waals surface area contributed by atoms with Crippen molar-refractivity contribution in [3.05, 3.63) is 95.7 Å². The second-order valence-electron chi connectivity index (χ2n) is 13.6. The SMILES string of the molecule is COC(=O)[C@@H](OC(C)(C)C)c1c(C)nc2cc3nn2c1N1CCC(C)(C=CC=CCCc2ccccc2-c2cccc-3c2)CC1. The van der Waals surface area contributed by atoms with E-state index in [-0.39, 0.29) is 5.41 Å². The molecule has 3 aliphatic heterocycles. The number of benzene rings is 2. The number of ether oxygens (including phenoxy) is 2. The first-order valence-corrected chi connectivity index (χ1v) is 16.0. The minimum atomic E-state index is -0.950. The predicted molar refractivity (Wildman–Crippen MR) is 180 cm³/mol. The van der Waals surface area contributed by atoms with Crippen LogP contribution in [-0.4, -0.2) is 46.4 Å². The number of hydrogen-bond donors (Lipinski definition) is 0. The van der Waals surface area contributed by atoms with Crippen molar-refractivity contribution in [3.63, 3.8) is 0 Å². The molecule has 0 unspecified atom stereocenters. The van der Waals surface area contributed by atoms with E-state index in [4.69, 9.17) is 19.6 Å². The Morgan fingerprint density at radius 2 is 1.76 bits per heavy atom. The number of esters is 1. The fourth-order valence-corrected chi connectivity index (χ4v) is 6.52. The molecule has 0 amide bonds. The molecule has 0 aliphatic carbocycles. The third-order valence-corrected chi connectivity index (χ3v) is 8.97. The third-order valence-electron chi connectivity index (χ3n) is 8.97. The first-order chi connectivity index (χ1) is 21.5. The fourth-order valence-electron chi connectivity index (χ4n) is 6.52. The summed E-state index contributed by atoms with van der Waals surface area (Å²) in [7, 11) is 1.41. The van der Waals surface area contributed by atoms with Gasteiger partial charge in [0, 0.05) is 30.4 Å². The van der Waals surface area contributed by atoms with Gasteiger partial charge in [0.05, 0.1) is 24.0 Å².